The third-order valence-electron chi connectivity index (χ3n) is 2.49. The number of hydrogen-bond acceptors (Lipinski definition) is 2. The van der Waals surface area contributed by atoms with E-state index in [1.165, 1.54) is 0 Å². The average Bonchev–Trinajstić information content (AvgIpc) is 2.09. The van der Waals surface area contributed by atoms with Crippen molar-refractivity contribution in [2.75, 3.05) is 18.4 Å². The maximum absolute atomic E-state index is 11.6. The smallest absolute Gasteiger partial charge is 0.224 e. The van der Waals surface area contributed by atoms with Crippen LogP contribution >= 0.6 is 23.2 Å². The molecule has 1 aromatic carbocycles. The first-order valence-corrected chi connectivity index (χ1v) is 5.86. The fourth-order valence-corrected chi connectivity index (χ4v) is 2.12. The first kappa shape index (κ1) is 11.7. The Balaban J connectivity index is 1.94. The minimum absolute atomic E-state index is 0.00448. The third-order valence-corrected chi connectivity index (χ3v) is 2.92. The van der Waals surface area contributed by atoms with Crippen LogP contribution in [0.25, 0.3) is 0 Å². The van der Waals surface area contributed by atoms with Crippen LogP contribution < -0.4 is 10.6 Å². The van der Waals surface area contributed by atoms with Crippen LogP contribution in [0, 0.1) is 5.92 Å². The molecule has 2 rings (SSSR count). The van der Waals surface area contributed by atoms with Crippen molar-refractivity contribution >= 4 is 34.8 Å². The summed E-state index contributed by atoms with van der Waals surface area (Å²) in [6.07, 6.45) is 0.539. The molecule has 16 heavy (non-hydrogen) atoms. The Morgan fingerprint density at radius 2 is 1.94 bits per heavy atom. The zero-order valence-corrected chi connectivity index (χ0v) is 10.1. The maximum atomic E-state index is 11.6. The minimum Gasteiger partial charge on any atom is -0.326 e. The number of benzene rings is 1. The number of carbonyl (C=O) groups excluding carboxylic acids is 1. The Bertz CT molecular complexity index is 385. The lowest BCUT2D eigenvalue weighted by atomic mass is 9.99. The van der Waals surface area contributed by atoms with Crippen molar-refractivity contribution in [3.63, 3.8) is 0 Å². The summed E-state index contributed by atoms with van der Waals surface area (Å²) in [6.45, 7) is 1.84. The van der Waals surface area contributed by atoms with Gasteiger partial charge in [-0.15, -0.1) is 0 Å². The van der Waals surface area contributed by atoms with Gasteiger partial charge in [-0.05, 0) is 37.2 Å². The normalized spacial score (nSPS) is 15.6. The average molecular weight is 259 g/mol. The molecule has 0 atom stereocenters. The minimum atomic E-state index is 0.00448. The van der Waals surface area contributed by atoms with Crippen LogP contribution in [0.1, 0.15) is 6.42 Å². The summed E-state index contributed by atoms with van der Waals surface area (Å²) >= 11 is 11.7. The fourth-order valence-electron chi connectivity index (χ4n) is 1.59. The summed E-state index contributed by atoms with van der Waals surface area (Å²) in [4.78, 5) is 11.6. The Hall–Kier alpha value is -0.770. The van der Waals surface area contributed by atoms with Gasteiger partial charge < -0.3 is 10.6 Å². The summed E-state index contributed by atoms with van der Waals surface area (Å²) in [5.41, 5.74) is 0.648. The number of carbonyl (C=O) groups is 1. The van der Waals surface area contributed by atoms with Crippen molar-refractivity contribution in [3.8, 4) is 0 Å². The van der Waals surface area contributed by atoms with E-state index in [9.17, 15) is 4.79 Å². The molecule has 0 bridgehead atoms. The predicted octanol–water partition coefficient (Wildman–Crippen LogP) is 2.54. The predicted molar refractivity (Wildman–Crippen MR) is 66.1 cm³/mol. The highest BCUT2D eigenvalue weighted by atomic mass is 35.5. The van der Waals surface area contributed by atoms with Crippen LogP contribution in [0.5, 0.6) is 0 Å². The third kappa shape index (κ3) is 3.11. The van der Waals surface area contributed by atoms with Gasteiger partial charge in [0.2, 0.25) is 5.91 Å². The first-order chi connectivity index (χ1) is 7.63. The van der Waals surface area contributed by atoms with Crippen LogP contribution in [0.3, 0.4) is 0 Å². The molecule has 5 heteroatoms. The Kier molecular flexibility index (Phi) is 3.69. The van der Waals surface area contributed by atoms with E-state index in [4.69, 9.17) is 23.2 Å². The van der Waals surface area contributed by atoms with E-state index < -0.39 is 0 Å². The van der Waals surface area contributed by atoms with E-state index in [0.29, 0.717) is 28.1 Å². The van der Waals surface area contributed by atoms with Crippen molar-refractivity contribution in [3.05, 3.63) is 28.2 Å². The topological polar surface area (TPSA) is 41.1 Å². The second kappa shape index (κ2) is 5.04. The van der Waals surface area contributed by atoms with Gasteiger partial charge in [0.05, 0.1) is 0 Å². The monoisotopic (exact) mass is 258 g/mol. The molecule has 2 N–H and O–H groups in total. The highest BCUT2D eigenvalue weighted by Gasteiger charge is 2.20. The largest absolute Gasteiger partial charge is 0.326 e. The quantitative estimate of drug-likeness (QED) is 0.875. The van der Waals surface area contributed by atoms with Crippen LogP contribution in [0.4, 0.5) is 5.69 Å². The Morgan fingerprint density at radius 3 is 2.44 bits per heavy atom. The first-order valence-electron chi connectivity index (χ1n) is 5.10. The molecule has 1 aliphatic rings. The fraction of sp³-hybridized carbons (Fsp3) is 0.364. The molecule has 0 saturated carbocycles. The van der Waals surface area contributed by atoms with Crippen LogP contribution in [0.2, 0.25) is 10.0 Å². The van der Waals surface area contributed by atoms with Crippen LogP contribution in [-0.4, -0.2) is 19.0 Å². The lowest BCUT2D eigenvalue weighted by molar-refractivity contribution is -0.117. The second-order valence-corrected chi connectivity index (χ2v) is 4.81. The number of anilines is 1. The Labute approximate surface area is 104 Å². The molecule has 1 fully saturated rings. The summed E-state index contributed by atoms with van der Waals surface area (Å²) in [7, 11) is 0. The molecular formula is C11H12Cl2N2O. The summed E-state index contributed by atoms with van der Waals surface area (Å²) in [6, 6.07) is 5.00. The van der Waals surface area contributed by atoms with Gasteiger partial charge in [-0.25, -0.2) is 0 Å². The Morgan fingerprint density at radius 1 is 1.31 bits per heavy atom. The molecule has 1 saturated heterocycles. The van der Waals surface area contributed by atoms with Gasteiger partial charge in [0.25, 0.3) is 0 Å². The van der Waals surface area contributed by atoms with Crippen LogP contribution in [-0.2, 0) is 4.79 Å². The van der Waals surface area contributed by atoms with Gasteiger partial charge in [0, 0.05) is 22.2 Å². The van der Waals surface area contributed by atoms with Crippen molar-refractivity contribution in [2.24, 2.45) is 5.92 Å². The van der Waals surface area contributed by atoms with E-state index in [1.807, 2.05) is 0 Å². The van der Waals surface area contributed by atoms with Crippen molar-refractivity contribution in [1.82, 2.24) is 5.32 Å². The van der Waals surface area contributed by atoms with Gasteiger partial charge >= 0.3 is 0 Å². The highest BCUT2D eigenvalue weighted by molar-refractivity contribution is 6.35. The van der Waals surface area contributed by atoms with Crippen LogP contribution in [0.15, 0.2) is 18.2 Å². The summed E-state index contributed by atoms with van der Waals surface area (Å²) in [5.74, 6) is 0.458. The van der Waals surface area contributed by atoms with Gasteiger partial charge in [-0.1, -0.05) is 23.2 Å². The summed E-state index contributed by atoms with van der Waals surface area (Å²) in [5, 5.41) is 6.96. The van der Waals surface area contributed by atoms with Crippen molar-refractivity contribution < 1.29 is 4.79 Å². The zero-order valence-electron chi connectivity index (χ0n) is 8.59. The van der Waals surface area contributed by atoms with E-state index in [0.717, 1.165) is 13.1 Å². The van der Waals surface area contributed by atoms with Crippen molar-refractivity contribution in [2.45, 2.75) is 6.42 Å². The van der Waals surface area contributed by atoms with Crippen molar-refractivity contribution in [1.29, 1.82) is 0 Å². The molecule has 1 heterocycles. The number of hydrogen-bond donors (Lipinski definition) is 2. The number of amides is 1. The summed E-state index contributed by atoms with van der Waals surface area (Å²) < 4.78 is 0. The molecule has 0 radical (unpaired) electrons. The molecule has 3 nitrogen and oxygen atoms in total. The number of nitrogens with one attached hydrogen (secondary N) is 2. The second-order valence-electron chi connectivity index (χ2n) is 3.93. The molecule has 0 aromatic heterocycles. The molecule has 0 aliphatic carbocycles. The molecule has 1 aromatic rings. The number of rotatable bonds is 3. The molecule has 0 spiro atoms. The molecule has 86 valence electrons. The molecule has 1 aliphatic heterocycles. The maximum Gasteiger partial charge on any atom is 0.224 e. The molecular weight excluding hydrogens is 247 g/mol. The standard InChI is InChI=1S/C11H12Cl2N2O/c12-8-2-9(13)4-10(3-8)15-11(16)1-7-5-14-6-7/h2-4,7,14H,1,5-6H2,(H,15,16). The molecule has 1 amide bonds. The highest BCUT2D eigenvalue weighted by Crippen LogP contribution is 2.22. The van der Waals surface area contributed by atoms with Gasteiger partial charge in [0.15, 0.2) is 0 Å². The SMILES string of the molecule is O=C(CC1CNC1)Nc1cc(Cl)cc(Cl)c1. The number of halogens is 2. The lowest BCUT2D eigenvalue weighted by Gasteiger charge is -2.26. The zero-order chi connectivity index (χ0) is 11.5. The van der Waals surface area contributed by atoms with E-state index in [1.54, 1.807) is 18.2 Å². The van der Waals surface area contributed by atoms with E-state index in [2.05, 4.69) is 10.6 Å². The van der Waals surface area contributed by atoms with Gasteiger partial charge in [-0.2, -0.15) is 0 Å². The van der Waals surface area contributed by atoms with Gasteiger partial charge in [-0.3, -0.25) is 4.79 Å². The lowest BCUT2D eigenvalue weighted by Crippen LogP contribution is -2.43. The van der Waals surface area contributed by atoms with E-state index >= 15 is 0 Å². The molecule has 0 unspecified atom stereocenters. The van der Waals surface area contributed by atoms with E-state index in [-0.39, 0.29) is 5.91 Å². The van der Waals surface area contributed by atoms with Gasteiger partial charge in [0.1, 0.15) is 0 Å².